The maximum atomic E-state index is 11.1. The molecule has 0 spiro atoms. The Morgan fingerprint density at radius 3 is 2.67 bits per heavy atom. The molecule has 110 valence electrons. The lowest BCUT2D eigenvalue weighted by atomic mass is 10.1. The Morgan fingerprint density at radius 1 is 1.33 bits per heavy atom. The average molecular weight is 352 g/mol. The van der Waals surface area contributed by atoms with Crippen molar-refractivity contribution >= 4 is 21.6 Å². The minimum atomic E-state index is -0.740. The van der Waals surface area contributed by atoms with Crippen molar-refractivity contribution in [3.05, 3.63) is 62.1 Å². The van der Waals surface area contributed by atoms with Crippen molar-refractivity contribution in [3.8, 4) is 11.5 Å². The van der Waals surface area contributed by atoms with Crippen LogP contribution in [0.25, 0.3) is 0 Å². The monoisotopic (exact) mass is 351 g/mol. The highest BCUT2D eigenvalue weighted by molar-refractivity contribution is 9.10. The SMILES string of the molecule is Cc1cccc([N+](=O)[O-])c1Oc1cc(Br)ccc1C(C)O. The van der Waals surface area contributed by atoms with Gasteiger partial charge in [-0.25, -0.2) is 0 Å². The minimum absolute atomic E-state index is 0.105. The second-order valence-corrected chi connectivity index (χ2v) is 5.56. The number of nitro benzene ring substituents is 1. The second kappa shape index (κ2) is 6.24. The van der Waals surface area contributed by atoms with Crippen molar-refractivity contribution in [3.63, 3.8) is 0 Å². The number of rotatable bonds is 4. The molecule has 0 aromatic heterocycles. The Morgan fingerprint density at radius 2 is 2.05 bits per heavy atom. The fourth-order valence-corrected chi connectivity index (χ4v) is 2.31. The molecule has 0 amide bonds. The Bertz CT molecular complexity index is 685. The molecule has 0 radical (unpaired) electrons. The second-order valence-electron chi connectivity index (χ2n) is 4.64. The molecule has 1 N–H and O–H groups in total. The predicted octanol–water partition coefficient (Wildman–Crippen LogP) is 4.51. The summed E-state index contributed by atoms with van der Waals surface area (Å²) < 4.78 is 6.51. The molecule has 6 heteroatoms. The van der Waals surface area contributed by atoms with Crippen molar-refractivity contribution in [1.29, 1.82) is 0 Å². The van der Waals surface area contributed by atoms with Crippen LogP contribution in [0, 0.1) is 17.0 Å². The van der Waals surface area contributed by atoms with E-state index < -0.39 is 11.0 Å². The van der Waals surface area contributed by atoms with Crippen LogP contribution in [0.5, 0.6) is 11.5 Å². The van der Waals surface area contributed by atoms with Gasteiger partial charge in [-0.2, -0.15) is 0 Å². The molecule has 0 saturated heterocycles. The van der Waals surface area contributed by atoms with Crippen LogP contribution in [0.2, 0.25) is 0 Å². The fourth-order valence-electron chi connectivity index (χ4n) is 1.97. The van der Waals surface area contributed by atoms with E-state index in [0.29, 0.717) is 16.9 Å². The lowest BCUT2D eigenvalue weighted by Gasteiger charge is -2.15. The summed E-state index contributed by atoms with van der Waals surface area (Å²) in [7, 11) is 0. The van der Waals surface area contributed by atoms with Crippen LogP contribution in [0.1, 0.15) is 24.2 Å². The largest absolute Gasteiger partial charge is 0.449 e. The summed E-state index contributed by atoms with van der Waals surface area (Å²) in [4.78, 5) is 10.6. The zero-order valence-electron chi connectivity index (χ0n) is 11.5. The first kappa shape index (κ1) is 15.5. The van der Waals surface area contributed by atoms with Gasteiger partial charge in [-0.05, 0) is 31.5 Å². The van der Waals surface area contributed by atoms with Crippen molar-refractivity contribution in [1.82, 2.24) is 0 Å². The molecule has 21 heavy (non-hydrogen) atoms. The Balaban J connectivity index is 2.53. The number of hydrogen-bond donors (Lipinski definition) is 1. The fraction of sp³-hybridized carbons (Fsp3) is 0.200. The van der Waals surface area contributed by atoms with E-state index in [9.17, 15) is 15.2 Å². The van der Waals surface area contributed by atoms with Gasteiger partial charge in [0, 0.05) is 16.1 Å². The van der Waals surface area contributed by atoms with Gasteiger partial charge >= 0.3 is 5.69 Å². The van der Waals surface area contributed by atoms with Crippen LogP contribution in [0.15, 0.2) is 40.9 Å². The number of para-hydroxylation sites is 1. The van der Waals surface area contributed by atoms with Crippen LogP contribution in [0.4, 0.5) is 5.69 Å². The summed E-state index contributed by atoms with van der Waals surface area (Å²) in [5.74, 6) is 0.569. The first-order valence-corrected chi connectivity index (χ1v) is 7.09. The number of aliphatic hydroxyl groups excluding tert-OH is 1. The first-order valence-electron chi connectivity index (χ1n) is 6.29. The molecule has 0 aliphatic rings. The first-order chi connectivity index (χ1) is 9.90. The Kier molecular flexibility index (Phi) is 4.59. The third kappa shape index (κ3) is 3.40. The van der Waals surface area contributed by atoms with Gasteiger partial charge in [0.2, 0.25) is 5.75 Å². The lowest BCUT2D eigenvalue weighted by molar-refractivity contribution is -0.385. The number of aliphatic hydroxyl groups is 1. The topological polar surface area (TPSA) is 72.6 Å². The molecule has 2 aromatic rings. The summed E-state index contributed by atoms with van der Waals surface area (Å²) in [5, 5.41) is 20.9. The molecule has 1 unspecified atom stereocenters. The lowest BCUT2D eigenvalue weighted by Crippen LogP contribution is -1.99. The summed E-state index contributed by atoms with van der Waals surface area (Å²) in [6.07, 6.45) is -0.740. The molecular weight excluding hydrogens is 338 g/mol. The number of aryl methyl sites for hydroxylation is 1. The smallest absolute Gasteiger partial charge is 0.311 e. The van der Waals surface area contributed by atoms with Crippen LogP contribution in [-0.2, 0) is 0 Å². The van der Waals surface area contributed by atoms with Gasteiger partial charge in [-0.1, -0.05) is 34.1 Å². The molecule has 2 rings (SSSR count). The van der Waals surface area contributed by atoms with E-state index in [0.717, 1.165) is 4.47 Å². The summed E-state index contributed by atoms with van der Waals surface area (Å²) >= 11 is 3.33. The van der Waals surface area contributed by atoms with Crippen molar-refractivity contribution < 1.29 is 14.8 Å². The van der Waals surface area contributed by atoms with Crippen molar-refractivity contribution in [2.45, 2.75) is 20.0 Å². The molecule has 2 aromatic carbocycles. The highest BCUT2D eigenvalue weighted by Gasteiger charge is 2.20. The summed E-state index contributed by atoms with van der Waals surface area (Å²) in [6.45, 7) is 3.35. The third-order valence-corrected chi connectivity index (χ3v) is 3.52. The molecule has 1 atom stereocenters. The Labute approximate surface area is 130 Å². The normalized spacial score (nSPS) is 12.0. The molecule has 0 fully saturated rings. The van der Waals surface area contributed by atoms with Gasteiger partial charge in [-0.3, -0.25) is 10.1 Å². The highest BCUT2D eigenvalue weighted by atomic mass is 79.9. The van der Waals surface area contributed by atoms with Crippen LogP contribution >= 0.6 is 15.9 Å². The molecule has 5 nitrogen and oxygen atoms in total. The zero-order chi connectivity index (χ0) is 15.6. The van der Waals surface area contributed by atoms with Crippen LogP contribution in [0.3, 0.4) is 0 Å². The maximum Gasteiger partial charge on any atom is 0.311 e. The van der Waals surface area contributed by atoms with Gasteiger partial charge < -0.3 is 9.84 Å². The van der Waals surface area contributed by atoms with E-state index in [1.807, 2.05) is 0 Å². The number of halogens is 1. The van der Waals surface area contributed by atoms with E-state index in [1.165, 1.54) is 6.07 Å². The molecule has 0 saturated carbocycles. The van der Waals surface area contributed by atoms with E-state index >= 15 is 0 Å². The summed E-state index contributed by atoms with van der Waals surface area (Å²) in [5.41, 5.74) is 1.11. The van der Waals surface area contributed by atoms with E-state index in [-0.39, 0.29) is 11.4 Å². The van der Waals surface area contributed by atoms with Crippen molar-refractivity contribution in [2.75, 3.05) is 0 Å². The Hall–Kier alpha value is -1.92. The van der Waals surface area contributed by atoms with Crippen LogP contribution in [-0.4, -0.2) is 10.0 Å². The van der Waals surface area contributed by atoms with Crippen LogP contribution < -0.4 is 4.74 Å². The number of nitro groups is 1. The van der Waals surface area contributed by atoms with Gasteiger partial charge in [0.25, 0.3) is 0 Å². The van der Waals surface area contributed by atoms with Gasteiger partial charge in [0.1, 0.15) is 5.75 Å². The molecular formula is C15H14BrNO4. The van der Waals surface area contributed by atoms with Crippen molar-refractivity contribution in [2.24, 2.45) is 0 Å². The predicted molar refractivity (Wildman–Crippen MR) is 82.7 cm³/mol. The van der Waals surface area contributed by atoms with Gasteiger partial charge in [0.15, 0.2) is 0 Å². The molecule has 0 heterocycles. The molecule has 0 aliphatic heterocycles. The molecule has 0 bridgehead atoms. The van der Waals surface area contributed by atoms with Gasteiger partial charge in [-0.15, -0.1) is 0 Å². The number of benzene rings is 2. The minimum Gasteiger partial charge on any atom is -0.449 e. The maximum absolute atomic E-state index is 11.1. The van der Waals surface area contributed by atoms with E-state index in [2.05, 4.69) is 15.9 Å². The quantitative estimate of drug-likeness (QED) is 0.649. The van der Waals surface area contributed by atoms with E-state index in [1.54, 1.807) is 44.2 Å². The van der Waals surface area contributed by atoms with Gasteiger partial charge in [0.05, 0.1) is 11.0 Å². The standard InChI is InChI=1S/C15H14BrNO4/c1-9-4-3-5-13(17(19)20)15(9)21-14-8-11(16)6-7-12(14)10(2)18/h3-8,10,18H,1-2H3. The molecule has 0 aliphatic carbocycles. The number of hydrogen-bond acceptors (Lipinski definition) is 4. The highest BCUT2D eigenvalue weighted by Crippen LogP contribution is 2.38. The number of nitrogens with zero attached hydrogens (tertiary/aromatic N) is 1. The summed E-state index contributed by atoms with van der Waals surface area (Å²) in [6, 6.07) is 9.91. The average Bonchev–Trinajstić information content (AvgIpc) is 2.40. The van der Waals surface area contributed by atoms with E-state index in [4.69, 9.17) is 4.74 Å². The third-order valence-electron chi connectivity index (χ3n) is 3.03. The zero-order valence-corrected chi connectivity index (χ0v) is 13.1. The number of ether oxygens (including phenoxy) is 1.